The van der Waals surface area contributed by atoms with Crippen molar-refractivity contribution >= 4 is 11.3 Å². The molecule has 3 heteroatoms. The van der Waals surface area contributed by atoms with Crippen molar-refractivity contribution in [2.24, 2.45) is 5.73 Å². The molecule has 2 rings (SSSR count). The van der Waals surface area contributed by atoms with Crippen molar-refractivity contribution in [2.45, 2.75) is 51.1 Å². The van der Waals surface area contributed by atoms with Crippen LogP contribution in [0.4, 0.5) is 0 Å². The number of nitrogens with two attached hydrogens (primary N) is 1. The van der Waals surface area contributed by atoms with Crippen LogP contribution in [0, 0.1) is 6.92 Å². The third-order valence-corrected chi connectivity index (χ3v) is 5.06. The Hall–Kier alpha value is -0.380. The molecule has 1 saturated carbocycles. The van der Waals surface area contributed by atoms with Crippen LogP contribution in [0.25, 0.3) is 0 Å². The molecule has 1 aliphatic carbocycles. The van der Waals surface area contributed by atoms with Gasteiger partial charge in [0.25, 0.3) is 0 Å². The van der Waals surface area contributed by atoms with Crippen molar-refractivity contribution in [3.63, 3.8) is 0 Å². The molecule has 1 fully saturated rings. The third kappa shape index (κ3) is 3.09. The van der Waals surface area contributed by atoms with Gasteiger partial charge in [-0.1, -0.05) is 19.3 Å². The van der Waals surface area contributed by atoms with E-state index in [0.717, 1.165) is 12.6 Å². The van der Waals surface area contributed by atoms with Crippen LogP contribution in [-0.4, -0.2) is 24.5 Å². The molecule has 1 heterocycles. The molecule has 0 saturated heterocycles. The van der Waals surface area contributed by atoms with E-state index >= 15 is 0 Å². The van der Waals surface area contributed by atoms with Gasteiger partial charge in [-0.15, -0.1) is 11.3 Å². The zero-order valence-electron chi connectivity index (χ0n) is 11.0. The van der Waals surface area contributed by atoms with Crippen molar-refractivity contribution in [3.05, 3.63) is 21.9 Å². The molecule has 17 heavy (non-hydrogen) atoms. The first-order valence-electron chi connectivity index (χ1n) is 6.70. The SMILES string of the molecule is Cc1ccc(C(CN)N(C)C2CCCCC2)s1. The predicted molar refractivity (Wildman–Crippen MR) is 75.5 cm³/mol. The molecule has 0 aromatic carbocycles. The summed E-state index contributed by atoms with van der Waals surface area (Å²) in [5, 5.41) is 0. The van der Waals surface area contributed by atoms with Gasteiger partial charge in [-0.05, 0) is 38.9 Å². The summed E-state index contributed by atoms with van der Waals surface area (Å²) in [6.45, 7) is 2.90. The van der Waals surface area contributed by atoms with E-state index < -0.39 is 0 Å². The predicted octanol–water partition coefficient (Wildman–Crippen LogP) is 3.32. The fourth-order valence-electron chi connectivity index (χ4n) is 2.86. The molecule has 1 aliphatic rings. The lowest BCUT2D eigenvalue weighted by molar-refractivity contribution is 0.142. The number of rotatable bonds is 4. The maximum Gasteiger partial charge on any atom is 0.0564 e. The summed E-state index contributed by atoms with van der Waals surface area (Å²) in [5.74, 6) is 0. The number of hydrogen-bond donors (Lipinski definition) is 1. The molecule has 0 spiro atoms. The summed E-state index contributed by atoms with van der Waals surface area (Å²) in [5.41, 5.74) is 5.99. The fourth-order valence-corrected chi connectivity index (χ4v) is 3.90. The van der Waals surface area contributed by atoms with Crippen LogP contribution in [0.5, 0.6) is 0 Å². The minimum absolute atomic E-state index is 0.414. The Morgan fingerprint density at radius 3 is 2.59 bits per heavy atom. The van der Waals surface area contributed by atoms with E-state index in [1.54, 1.807) is 0 Å². The lowest BCUT2D eigenvalue weighted by Crippen LogP contribution is -2.39. The first-order chi connectivity index (χ1) is 8.22. The van der Waals surface area contributed by atoms with E-state index in [0.29, 0.717) is 6.04 Å². The van der Waals surface area contributed by atoms with Crippen molar-refractivity contribution in [1.29, 1.82) is 0 Å². The van der Waals surface area contributed by atoms with Crippen molar-refractivity contribution in [2.75, 3.05) is 13.6 Å². The number of hydrogen-bond acceptors (Lipinski definition) is 3. The summed E-state index contributed by atoms with van der Waals surface area (Å²) in [7, 11) is 2.25. The van der Waals surface area contributed by atoms with E-state index in [1.807, 2.05) is 11.3 Å². The smallest absolute Gasteiger partial charge is 0.0564 e. The van der Waals surface area contributed by atoms with Crippen LogP contribution in [0.2, 0.25) is 0 Å². The molecule has 0 aliphatic heterocycles. The summed E-state index contributed by atoms with van der Waals surface area (Å²) in [4.78, 5) is 5.33. The number of thiophene rings is 1. The highest BCUT2D eigenvalue weighted by Crippen LogP contribution is 2.31. The normalized spacial score (nSPS) is 19.8. The zero-order chi connectivity index (χ0) is 12.3. The Labute approximate surface area is 109 Å². The first kappa shape index (κ1) is 13.1. The van der Waals surface area contributed by atoms with Crippen molar-refractivity contribution < 1.29 is 0 Å². The molecular formula is C14H24N2S. The second kappa shape index (κ2) is 5.98. The molecular weight excluding hydrogens is 228 g/mol. The van der Waals surface area contributed by atoms with Gasteiger partial charge in [0.05, 0.1) is 6.04 Å². The van der Waals surface area contributed by atoms with Gasteiger partial charge in [0, 0.05) is 22.3 Å². The standard InChI is InChI=1S/C14H24N2S/c1-11-8-9-14(17-11)13(10-15)16(2)12-6-4-3-5-7-12/h8-9,12-13H,3-7,10,15H2,1-2H3. The highest BCUT2D eigenvalue weighted by atomic mass is 32.1. The molecule has 0 amide bonds. The van der Waals surface area contributed by atoms with Crippen LogP contribution in [0.1, 0.15) is 47.9 Å². The number of aryl methyl sites for hydroxylation is 1. The molecule has 2 nitrogen and oxygen atoms in total. The van der Waals surface area contributed by atoms with Crippen LogP contribution < -0.4 is 5.73 Å². The molecule has 1 aromatic heterocycles. The Balaban J connectivity index is 2.06. The summed E-state index contributed by atoms with van der Waals surface area (Å²) >= 11 is 1.89. The van der Waals surface area contributed by atoms with Gasteiger partial charge in [0.2, 0.25) is 0 Å². The Bertz CT molecular complexity index is 342. The van der Waals surface area contributed by atoms with Crippen LogP contribution in [0.15, 0.2) is 12.1 Å². The molecule has 2 N–H and O–H groups in total. The second-order valence-corrected chi connectivity index (χ2v) is 6.48. The molecule has 1 unspecified atom stereocenters. The highest BCUT2D eigenvalue weighted by Gasteiger charge is 2.25. The molecule has 1 aromatic rings. The lowest BCUT2D eigenvalue weighted by atomic mass is 9.93. The topological polar surface area (TPSA) is 29.3 Å². The van der Waals surface area contributed by atoms with E-state index in [1.165, 1.54) is 41.9 Å². The zero-order valence-corrected chi connectivity index (χ0v) is 11.8. The summed E-state index contributed by atoms with van der Waals surface area (Å²) in [6, 6.07) is 5.60. The van der Waals surface area contributed by atoms with Crippen molar-refractivity contribution in [3.8, 4) is 0 Å². The Morgan fingerprint density at radius 1 is 1.35 bits per heavy atom. The van der Waals surface area contributed by atoms with Crippen LogP contribution >= 0.6 is 11.3 Å². The van der Waals surface area contributed by atoms with Crippen LogP contribution in [0.3, 0.4) is 0 Å². The Morgan fingerprint density at radius 2 is 2.06 bits per heavy atom. The van der Waals surface area contributed by atoms with E-state index in [-0.39, 0.29) is 0 Å². The monoisotopic (exact) mass is 252 g/mol. The van der Waals surface area contributed by atoms with E-state index in [9.17, 15) is 0 Å². The van der Waals surface area contributed by atoms with Crippen LogP contribution in [-0.2, 0) is 0 Å². The minimum Gasteiger partial charge on any atom is -0.329 e. The summed E-state index contributed by atoms with van der Waals surface area (Å²) < 4.78 is 0. The number of likely N-dealkylation sites (N-methyl/N-ethyl adjacent to an activating group) is 1. The van der Waals surface area contributed by atoms with Gasteiger partial charge in [0.15, 0.2) is 0 Å². The highest BCUT2D eigenvalue weighted by molar-refractivity contribution is 7.12. The van der Waals surface area contributed by atoms with E-state index in [2.05, 4.69) is 31.0 Å². The fraction of sp³-hybridized carbons (Fsp3) is 0.714. The average molecular weight is 252 g/mol. The summed E-state index contributed by atoms with van der Waals surface area (Å²) in [6.07, 6.45) is 6.87. The lowest BCUT2D eigenvalue weighted by Gasteiger charge is -2.36. The molecule has 0 radical (unpaired) electrons. The van der Waals surface area contributed by atoms with Crippen molar-refractivity contribution in [1.82, 2.24) is 4.90 Å². The largest absolute Gasteiger partial charge is 0.329 e. The van der Waals surface area contributed by atoms with E-state index in [4.69, 9.17) is 5.73 Å². The minimum atomic E-state index is 0.414. The van der Waals surface area contributed by atoms with Gasteiger partial charge in [0.1, 0.15) is 0 Å². The average Bonchev–Trinajstić information content (AvgIpc) is 2.78. The van der Waals surface area contributed by atoms with Gasteiger partial charge >= 0.3 is 0 Å². The maximum atomic E-state index is 5.99. The Kier molecular flexibility index (Phi) is 4.60. The second-order valence-electron chi connectivity index (χ2n) is 5.16. The molecule has 1 atom stereocenters. The molecule has 96 valence electrons. The van der Waals surface area contributed by atoms with Gasteiger partial charge in [-0.25, -0.2) is 0 Å². The maximum absolute atomic E-state index is 5.99. The van der Waals surface area contributed by atoms with Gasteiger partial charge < -0.3 is 5.73 Å². The third-order valence-electron chi connectivity index (χ3n) is 3.96. The molecule has 0 bridgehead atoms. The number of nitrogens with zero attached hydrogens (tertiary/aromatic N) is 1. The van der Waals surface area contributed by atoms with Gasteiger partial charge in [-0.3, -0.25) is 4.90 Å². The quantitative estimate of drug-likeness (QED) is 0.890. The van der Waals surface area contributed by atoms with Gasteiger partial charge in [-0.2, -0.15) is 0 Å². The first-order valence-corrected chi connectivity index (χ1v) is 7.52.